The van der Waals surface area contributed by atoms with E-state index in [2.05, 4.69) is 20.7 Å². The van der Waals surface area contributed by atoms with Gasteiger partial charge in [0.15, 0.2) is 0 Å². The van der Waals surface area contributed by atoms with E-state index >= 15 is 0 Å². The molecule has 0 atom stereocenters. The average molecular weight is 253 g/mol. The lowest BCUT2D eigenvalue weighted by Crippen LogP contribution is -2.12. The number of carboxylic acids is 1. The van der Waals surface area contributed by atoms with Gasteiger partial charge >= 0.3 is 11.9 Å². The van der Waals surface area contributed by atoms with E-state index in [-0.39, 0.29) is 25.8 Å². The van der Waals surface area contributed by atoms with E-state index in [0.717, 1.165) is 4.68 Å². The third kappa shape index (κ3) is 3.88. The SMILES string of the molecule is C#Cc1nc(C(=O)O)nn1COCCOC(C)=O. The molecule has 0 bridgehead atoms. The van der Waals surface area contributed by atoms with Crippen LogP contribution in [0.25, 0.3) is 0 Å². The number of hydrogen-bond acceptors (Lipinski definition) is 6. The molecule has 1 N–H and O–H groups in total. The molecule has 0 aliphatic heterocycles. The number of carbonyl (C=O) groups is 2. The number of hydrogen-bond donors (Lipinski definition) is 1. The molecule has 0 unspecified atom stereocenters. The Morgan fingerprint density at radius 1 is 1.50 bits per heavy atom. The monoisotopic (exact) mass is 253 g/mol. The second kappa shape index (κ2) is 6.36. The molecule has 0 fully saturated rings. The minimum atomic E-state index is -1.27. The largest absolute Gasteiger partial charge is 0.475 e. The van der Waals surface area contributed by atoms with Crippen molar-refractivity contribution in [3.63, 3.8) is 0 Å². The zero-order chi connectivity index (χ0) is 13.5. The molecule has 8 heteroatoms. The number of ether oxygens (including phenoxy) is 2. The van der Waals surface area contributed by atoms with Crippen LogP contribution in [0.1, 0.15) is 23.4 Å². The van der Waals surface area contributed by atoms with Gasteiger partial charge in [0.05, 0.1) is 6.61 Å². The van der Waals surface area contributed by atoms with Crippen LogP contribution in [0.2, 0.25) is 0 Å². The number of rotatable bonds is 6. The smallest absolute Gasteiger partial charge is 0.375 e. The van der Waals surface area contributed by atoms with E-state index in [1.54, 1.807) is 0 Å². The zero-order valence-corrected chi connectivity index (χ0v) is 9.62. The van der Waals surface area contributed by atoms with E-state index in [1.807, 2.05) is 0 Å². The minimum absolute atomic E-state index is 0.0555. The molecule has 96 valence electrons. The van der Waals surface area contributed by atoms with Crippen molar-refractivity contribution in [1.29, 1.82) is 0 Å². The van der Waals surface area contributed by atoms with Crippen LogP contribution >= 0.6 is 0 Å². The van der Waals surface area contributed by atoms with Crippen LogP contribution in [0.15, 0.2) is 0 Å². The van der Waals surface area contributed by atoms with Crippen molar-refractivity contribution < 1.29 is 24.2 Å². The highest BCUT2D eigenvalue weighted by Gasteiger charge is 2.13. The molecular weight excluding hydrogens is 242 g/mol. The molecule has 0 spiro atoms. The fourth-order valence-electron chi connectivity index (χ4n) is 1.02. The zero-order valence-electron chi connectivity index (χ0n) is 9.62. The van der Waals surface area contributed by atoms with Crippen molar-refractivity contribution in [3.05, 3.63) is 11.6 Å². The summed E-state index contributed by atoms with van der Waals surface area (Å²) in [4.78, 5) is 24.7. The molecule has 0 aliphatic carbocycles. The van der Waals surface area contributed by atoms with Gasteiger partial charge in [-0.15, -0.1) is 11.5 Å². The maximum atomic E-state index is 10.6. The summed E-state index contributed by atoms with van der Waals surface area (Å²) in [6, 6.07) is 0. The van der Waals surface area contributed by atoms with E-state index < -0.39 is 17.8 Å². The first-order chi connectivity index (χ1) is 8.54. The predicted octanol–water partition coefficient (Wildman–Crippen LogP) is -0.505. The Hall–Kier alpha value is -2.40. The highest BCUT2D eigenvalue weighted by molar-refractivity contribution is 5.83. The van der Waals surface area contributed by atoms with Crippen LogP contribution in [-0.4, -0.2) is 45.0 Å². The van der Waals surface area contributed by atoms with E-state index in [4.69, 9.17) is 16.3 Å². The van der Waals surface area contributed by atoms with Crippen LogP contribution in [0.4, 0.5) is 0 Å². The molecule has 0 saturated heterocycles. The Balaban J connectivity index is 2.49. The van der Waals surface area contributed by atoms with Crippen molar-refractivity contribution in [3.8, 4) is 12.3 Å². The Morgan fingerprint density at radius 3 is 2.78 bits per heavy atom. The predicted molar refractivity (Wildman–Crippen MR) is 57.5 cm³/mol. The number of nitrogens with zero attached hydrogens (tertiary/aromatic N) is 3. The van der Waals surface area contributed by atoms with Crippen LogP contribution in [-0.2, 0) is 21.0 Å². The molecule has 1 aromatic heterocycles. The number of esters is 1. The van der Waals surface area contributed by atoms with Crippen molar-refractivity contribution in [2.24, 2.45) is 0 Å². The maximum Gasteiger partial charge on any atom is 0.375 e. The molecule has 0 amide bonds. The van der Waals surface area contributed by atoms with Gasteiger partial charge in [0, 0.05) is 6.92 Å². The highest BCUT2D eigenvalue weighted by Crippen LogP contribution is 1.98. The third-order valence-corrected chi connectivity index (χ3v) is 1.74. The molecule has 8 nitrogen and oxygen atoms in total. The number of carboxylic acid groups (broad SMARTS) is 1. The van der Waals surface area contributed by atoms with Gasteiger partial charge in [0.1, 0.15) is 13.3 Å². The van der Waals surface area contributed by atoms with Gasteiger partial charge in [0.25, 0.3) is 5.82 Å². The second-order valence-corrected chi connectivity index (χ2v) is 3.09. The topological polar surface area (TPSA) is 104 Å². The maximum absolute atomic E-state index is 10.6. The Bertz CT molecular complexity index is 488. The molecule has 1 heterocycles. The van der Waals surface area contributed by atoms with Gasteiger partial charge in [0.2, 0.25) is 5.82 Å². The summed E-state index contributed by atoms with van der Waals surface area (Å²) in [6.07, 6.45) is 5.14. The fraction of sp³-hybridized carbons (Fsp3) is 0.400. The first-order valence-electron chi connectivity index (χ1n) is 4.90. The molecule has 0 saturated carbocycles. The van der Waals surface area contributed by atoms with E-state index in [9.17, 15) is 9.59 Å². The highest BCUT2D eigenvalue weighted by atomic mass is 16.6. The van der Waals surface area contributed by atoms with Gasteiger partial charge in [-0.05, 0) is 5.92 Å². The summed E-state index contributed by atoms with van der Waals surface area (Å²) in [5.41, 5.74) is 0. The summed E-state index contributed by atoms with van der Waals surface area (Å²) in [6.45, 7) is 1.46. The molecule has 0 aromatic carbocycles. The molecule has 0 radical (unpaired) electrons. The van der Waals surface area contributed by atoms with Gasteiger partial charge in [-0.2, -0.15) is 4.98 Å². The summed E-state index contributed by atoms with van der Waals surface area (Å²) < 4.78 is 10.9. The van der Waals surface area contributed by atoms with Crippen molar-refractivity contribution >= 4 is 11.9 Å². The molecule has 18 heavy (non-hydrogen) atoms. The Kier molecular flexibility index (Phi) is 4.83. The van der Waals surface area contributed by atoms with Gasteiger partial charge in [-0.1, -0.05) is 0 Å². The lowest BCUT2D eigenvalue weighted by molar-refractivity contribution is -0.142. The van der Waals surface area contributed by atoms with E-state index in [1.165, 1.54) is 6.92 Å². The lowest BCUT2D eigenvalue weighted by atomic mass is 10.6. The Morgan fingerprint density at radius 2 is 2.22 bits per heavy atom. The molecule has 1 rings (SSSR count). The first-order valence-corrected chi connectivity index (χ1v) is 4.90. The number of aromatic nitrogens is 3. The van der Waals surface area contributed by atoms with Gasteiger partial charge < -0.3 is 14.6 Å². The lowest BCUT2D eigenvalue weighted by Gasteiger charge is -2.04. The standard InChI is InChI=1S/C10H11N3O5/c1-3-8-11-9(10(15)16)12-13(8)6-17-4-5-18-7(2)14/h1H,4-6H2,2H3,(H,15,16). The van der Waals surface area contributed by atoms with Crippen molar-refractivity contribution in [2.75, 3.05) is 13.2 Å². The van der Waals surface area contributed by atoms with Crippen LogP contribution < -0.4 is 0 Å². The summed E-state index contributed by atoms with van der Waals surface area (Å²) >= 11 is 0. The van der Waals surface area contributed by atoms with Crippen molar-refractivity contribution in [2.45, 2.75) is 13.7 Å². The molecule has 1 aromatic rings. The summed E-state index contributed by atoms with van der Waals surface area (Å²) in [7, 11) is 0. The summed E-state index contributed by atoms with van der Waals surface area (Å²) in [5, 5.41) is 12.3. The van der Waals surface area contributed by atoms with Crippen LogP contribution in [0.5, 0.6) is 0 Å². The summed E-state index contributed by atoms with van der Waals surface area (Å²) in [5.74, 6) is 0.171. The average Bonchev–Trinajstić information content (AvgIpc) is 2.71. The number of aromatic carboxylic acids is 1. The second-order valence-electron chi connectivity index (χ2n) is 3.09. The quantitative estimate of drug-likeness (QED) is 0.414. The molecule has 0 aliphatic rings. The molecular formula is C10H11N3O5. The van der Waals surface area contributed by atoms with Crippen molar-refractivity contribution in [1.82, 2.24) is 14.8 Å². The van der Waals surface area contributed by atoms with E-state index in [0.29, 0.717) is 0 Å². The third-order valence-electron chi connectivity index (χ3n) is 1.74. The van der Waals surface area contributed by atoms with Gasteiger partial charge in [-0.25, -0.2) is 9.48 Å². The van der Waals surface area contributed by atoms with Crippen LogP contribution in [0, 0.1) is 12.3 Å². The van der Waals surface area contributed by atoms with Gasteiger partial charge in [-0.3, -0.25) is 4.79 Å². The fourth-order valence-corrected chi connectivity index (χ4v) is 1.02. The number of terminal acetylenes is 1. The normalized spacial score (nSPS) is 9.78. The minimum Gasteiger partial charge on any atom is -0.475 e. The number of carbonyl (C=O) groups excluding carboxylic acids is 1. The van der Waals surface area contributed by atoms with Crippen LogP contribution in [0.3, 0.4) is 0 Å². The Labute approximate surface area is 103 Å². The first kappa shape index (κ1) is 13.7.